The van der Waals surface area contributed by atoms with Crippen LogP contribution in [0.15, 0.2) is 36.4 Å². The Hall–Kier alpha value is -3.19. The molecule has 2 aromatic carbocycles. The van der Waals surface area contributed by atoms with Gasteiger partial charge in [-0.1, -0.05) is 0 Å². The standard InChI is InChI=1S/C23H27N5O2/c1-27-8-10-28(11-9-27)17-6-4-16(5-7-17)24-23-19-12-15-13-20(29-2)21(30-3)14-18(15)22(19)25-26-23/h4-7,13-14H,8-12H2,1-3H3,(H2,24,25,26). The summed E-state index contributed by atoms with van der Waals surface area (Å²) in [5.74, 6) is 2.41. The molecule has 7 heteroatoms. The number of methoxy groups -OCH3 is 2. The molecule has 0 atom stereocenters. The Balaban J connectivity index is 1.35. The molecule has 5 rings (SSSR count). The maximum Gasteiger partial charge on any atom is 0.161 e. The molecule has 30 heavy (non-hydrogen) atoms. The first kappa shape index (κ1) is 18.8. The smallest absolute Gasteiger partial charge is 0.161 e. The van der Waals surface area contributed by atoms with Gasteiger partial charge in [0.15, 0.2) is 11.5 Å². The van der Waals surface area contributed by atoms with Crippen LogP contribution in [0.25, 0.3) is 11.3 Å². The van der Waals surface area contributed by atoms with Crippen molar-refractivity contribution in [2.24, 2.45) is 0 Å². The number of anilines is 3. The molecule has 0 saturated carbocycles. The topological polar surface area (TPSA) is 65.7 Å². The van der Waals surface area contributed by atoms with Gasteiger partial charge in [-0.3, -0.25) is 5.10 Å². The molecule has 0 bridgehead atoms. The van der Waals surface area contributed by atoms with E-state index in [0.717, 1.165) is 66.9 Å². The average molecular weight is 406 g/mol. The molecule has 0 amide bonds. The van der Waals surface area contributed by atoms with E-state index in [9.17, 15) is 0 Å². The van der Waals surface area contributed by atoms with Crippen molar-refractivity contribution in [3.8, 4) is 22.8 Å². The van der Waals surface area contributed by atoms with E-state index < -0.39 is 0 Å². The summed E-state index contributed by atoms with van der Waals surface area (Å²) in [5, 5.41) is 11.2. The van der Waals surface area contributed by atoms with Crippen LogP contribution in [0.5, 0.6) is 11.5 Å². The molecule has 2 heterocycles. The number of rotatable bonds is 5. The molecule has 1 aliphatic heterocycles. The second-order valence-corrected chi connectivity index (χ2v) is 7.93. The van der Waals surface area contributed by atoms with Crippen molar-refractivity contribution in [3.05, 3.63) is 47.5 Å². The van der Waals surface area contributed by atoms with E-state index in [0.29, 0.717) is 0 Å². The van der Waals surface area contributed by atoms with Gasteiger partial charge in [0, 0.05) is 55.1 Å². The van der Waals surface area contributed by atoms with E-state index in [1.165, 1.54) is 16.8 Å². The van der Waals surface area contributed by atoms with Crippen molar-refractivity contribution >= 4 is 17.2 Å². The van der Waals surface area contributed by atoms with E-state index in [1.54, 1.807) is 14.2 Å². The molecular weight excluding hydrogens is 378 g/mol. The Labute approximate surface area is 176 Å². The first-order valence-corrected chi connectivity index (χ1v) is 10.3. The van der Waals surface area contributed by atoms with Crippen LogP contribution in [0.1, 0.15) is 11.1 Å². The molecule has 1 fully saturated rings. The minimum Gasteiger partial charge on any atom is -0.493 e. The van der Waals surface area contributed by atoms with Crippen molar-refractivity contribution < 1.29 is 9.47 Å². The van der Waals surface area contributed by atoms with Gasteiger partial charge < -0.3 is 24.6 Å². The van der Waals surface area contributed by atoms with E-state index >= 15 is 0 Å². The van der Waals surface area contributed by atoms with Crippen molar-refractivity contribution in [3.63, 3.8) is 0 Å². The van der Waals surface area contributed by atoms with Gasteiger partial charge in [0.2, 0.25) is 0 Å². The Morgan fingerprint density at radius 1 is 0.967 bits per heavy atom. The molecule has 0 unspecified atom stereocenters. The fraction of sp³-hybridized carbons (Fsp3) is 0.348. The molecule has 3 aromatic rings. The first-order valence-electron chi connectivity index (χ1n) is 10.3. The lowest BCUT2D eigenvalue weighted by atomic mass is 10.1. The molecule has 1 saturated heterocycles. The van der Waals surface area contributed by atoms with E-state index in [-0.39, 0.29) is 0 Å². The minimum atomic E-state index is 0.723. The van der Waals surface area contributed by atoms with Gasteiger partial charge in [-0.25, -0.2) is 0 Å². The first-order chi connectivity index (χ1) is 14.7. The van der Waals surface area contributed by atoms with Crippen LogP contribution >= 0.6 is 0 Å². The van der Waals surface area contributed by atoms with Gasteiger partial charge in [0.05, 0.1) is 19.9 Å². The number of fused-ring (bicyclic) bond motifs is 3. The number of benzene rings is 2. The largest absolute Gasteiger partial charge is 0.493 e. The summed E-state index contributed by atoms with van der Waals surface area (Å²) in [5.41, 5.74) is 6.76. The normalized spacial score (nSPS) is 15.6. The summed E-state index contributed by atoms with van der Waals surface area (Å²) < 4.78 is 10.9. The second kappa shape index (κ2) is 7.57. The lowest BCUT2D eigenvalue weighted by Gasteiger charge is -2.34. The zero-order valence-electron chi connectivity index (χ0n) is 17.7. The Bertz CT molecular complexity index is 1050. The third kappa shape index (κ3) is 3.25. The van der Waals surface area contributed by atoms with E-state index in [2.05, 4.69) is 56.6 Å². The second-order valence-electron chi connectivity index (χ2n) is 7.93. The number of likely N-dealkylation sites (N-methyl/N-ethyl adjacent to an activating group) is 1. The van der Waals surface area contributed by atoms with Crippen LogP contribution in [0.3, 0.4) is 0 Å². The highest BCUT2D eigenvalue weighted by Crippen LogP contribution is 2.44. The number of ether oxygens (including phenoxy) is 2. The zero-order chi connectivity index (χ0) is 20.7. The van der Waals surface area contributed by atoms with Gasteiger partial charge in [-0.15, -0.1) is 0 Å². The van der Waals surface area contributed by atoms with E-state index in [1.807, 2.05) is 12.1 Å². The molecule has 0 spiro atoms. The molecule has 2 N–H and O–H groups in total. The Morgan fingerprint density at radius 2 is 1.67 bits per heavy atom. The summed E-state index contributed by atoms with van der Waals surface area (Å²) >= 11 is 0. The zero-order valence-corrected chi connectivity index (χ0v) is 17.7. The number of nitrogens with one attached hydrogen (secondary N) is 2. The van der Waals surface area contributed by atoms with Gasteiger partial charge in [0.1, 0.15) is 5.82 Å². The van der Waals surface area contributed by atoms with Crippen molar-refractivity contribution in [1.29, 1.82) is 0 Å². The maximum absolute atomic E-state index is 5.46. The summed E-state index contributed by atoms with van der Waals surface area (Å²) in [7, 11) is 5.50. The number of aromatic amines is 1. The fourth-order valence-electron chi connectivity index (χ4n) is 4.31. The van der Waals surface area contributed by atoms with Crippen LogP contribution in [0.4, 0.5) is 17.2 Å². The molecule has 1 aromatic heterocycles. The molecule has 2 aliphatic rings. The predicted octanol–water partition coefficient (Wildman–Crippen LogP) is 3.49. The number of piperazine rings is 1. The summed E-state index contributed by atoms with van der Waals surface area (Å²) in [6.45, 7) is 4.36. The van der Waals surface area contributed by atoms with Crippen molar-refractivity contribution in [2.75, 3.05) is 57.7 Å². The maximum atomic E-state index is 5.46. The fourth-order valence-corrected chi connectivity index (χ4v) is 4.31. The highest BCUT2D eigenvalue weighted by molar-refractivity contribution is 5.81. The molecule has 156 valence electrons. The molecule has 0 radical (unpaired) electrons. The van der Waals surface area contributed by atoms with Crippen LogP contribution in [0, 0.1) is 0 Å². The average Bonchev–Trinajstić information content (AvgIpc) is 3.33. The number of hydrogen-bond acceptors (Lipinski definition) is 6. The van der Waals surface area contributed by atoms with Crippen LogP contribution < -0.4 is 19.7 Å². The summed E-state index contributed by atoms with van der Waals surface area (Å²) in [4.78, 5) is 4.81. The van der Waals surface area contributed by atoms with Crippen LogP contribution in [-0.4, -0.2) is 62.5 Å². The van der Waals surface area contributed by atoms with Crippen molar-refractivity contribution in [1.82, 2.24) is 15.1 Å². The highest BCUT2D eigenvalue weighted by atomic mass is 16.5. The van der Waals surface area contributed by atoms with Gasteiger partial charge in [-0.05, 0) is 49.0 Å². The van der Waals surface area contributed by atoms with Gasteiger partial charge in [-0.2, -0.15) is 5.10 Å². The molecule has 7 nitrogen and oxygen atoms in total. The SMILES string of the molecule is COc1cc2c(cc1OC)-c1n[nH]c(Nc3ccc(N4CCN(C)CC4)cc3)c1C2. The quantitative estimate of drug-likeness (QED) is 0.530. The van der Waals surface area contributed by atoms with Crippen molar-refractivity contribution in [2.45, 2.75) is 6.42 Å². The number of H-pyrrole nitrogens is 1. The molecular formula is C23H27N5O2. The van der Waals surface area contributed by atoms with Crippen LogP contribution in [-0.2, 0) is 6.42 Å². The Morgan fingerprint density at radius 3 is 2.37 bits per heavy atom. The number of aromatic nitrogens is 2. The summed E-state index contributed by atoms with van der Waals surface area (Å²) in [6, 6.07) is 12.7. The Kier molecular flexibility index (Phi) is 4.75. The number of nitrogens with zero attached hydrogens (tertiary/aromatic N) is 3. The minimum absolute atomic E-state index is 0.723. The lowest BCUT2D eigenvalue weighted by molar-refractivity contribution is 0.313. The molecule has 1 aliphatic carbocycles. The van der Waals surface area contributed by atoms with Gasteiger partial charge >= 0.3 is 0 Å². The predicted molar refractivity (Wildman–Crippen MR) is 119 cm³/mol. The summed E-state index contributed by atoms with van der Waals surface area (Å²) in [6.07, 6.45) is 0.809. The monoisotopic (exact) mass is 405 g/mol. The lowest BCUT2D eigenvalue weighted by Crippen LogP contribution is -2.44. The van der Waals surface area contributed by atoms with Gasteiger partial charge in [0.25, 0.3) is 0 Å². The third-order valence-corrected chi connectivity index (χ3v) is 6.10. The third-order valence-electron chi connectivity index (χ3n) is 6.10. The van der Waals surface area contributed by atoms with E-state index in [4.69, 9.17) is 9.47 Å². The number of hydrogen-bond donors (Lipinski definition) is 2. The highest BCUT2D eigenvalue weighted by Gasteiger charge is 2.27. The van der Waals surface area contributed by atoms with Crippen LogP contribution in [0.2, 0.25) is 0 Å².